The molecule has 2 amide bonds. The molecule has 0 bridgehead atoms. The summed E-state index contributed by atoms with van der Waals surface area (Å²) in [4.78, 5) is 24.1. The van der Waals surface area contributed by atoms with Gasteiger partial charge in [0.15, 0.2) is 6.10 Å². The largest absolute Gasteiger partial charge is 0.376 e. The van der Waals surface area contributed by atoms with Crippen molar-refractivity contribution in [1.29, 1.82) is 0 Å². The minimum atomic E-state index is -0.654. The van der Waals surface area contributed by atoms with Crippen molar-refractivity contribution in [3.63, 3.8) is 0 Å². The fourth-order valence-electron chi connectivity index (χ4n) is 1.92. The highest BCUT2D eigenvalue weighted by atomic mass is 35.5. The van der Waals surface area contributed by atoms with Crippen molar-refractivity contribution in [3.8, 4) is 0 Å². The molecule has 1 saturated heterocycles. The first-order valence-electron chi connectivity index (χ1n) is 6.80. The van der Waals surface area contributed by atoms with E-state index in [0.29, 0.717) is 37.6 Å². The zero-order chi connectivity index (χ0) is 15.1. The van der Waals surface area contributed by atoms with Crippen LogP contribution in [0.15, 0.2) is 24.3 Å². The summed E-state index contributed by atoms with van der Waals surface area (Å²) < 4.78 is 10.5. The van der Waals surface area contributed by atoms with Gasteiger partial charge in [0.2, 0.25) is 0 Å². The van der Waals surface area contributed by atoms with E-state index in [-0.39, 0.29) is 30.8 Å². The Morgan fingerprint density at radius 1 is 1.27 bits per heavy atom. The quantitative estimate of drug-likeness (QED) is 0.713. The molecule has 1 unspecified atom stereocenters. The van der Waals surface area contributed by atoms with Crippen molar-refractivity contribution in [2.45, 2.75) is 6.10 Å². The van der Waals surface area contributed by atoms with Gasteiger partial charge in [0.1, 0.15) is 0 Å². The molecule has 7 nitrogen and oxygen atoms in total. The van der Waals surface area contributed by atoms with Gasteiger partial charge in [-0.05, 0) is 12.1 Å². The van der Waals surface area contributed by atoms with Crippen LogP contribution in [-0.2, 0) is 14.3 Å². The summed E-state index contributed by atoms with van der Waals surface area (Å²) >= 11 is 0. The van der Waals surface area contributed by atoms with Gasteiger partial charge in [-0.2, -0.15) is 0 Å². The topological polar surface area (TPSA) is 103 Å². The summed E-state index contributed by atoms with van der Waals surface area (Å²) in [6.45, 7) is 1.82. The molecule has 0 saturated carbocycles. The van der Waals surface area contributed by atoms with E-state index in [2.05, 4.69) is 10.6 Å². The molecule has 1 aliphatic heterocycles. The van der Waals surface area contributed by atoms with Gasteiger partial charge >= 0.3 is 0 Å². The molecule has 122 valence electrons. The lowest BCUT2D eigenvalue weighted by atomic mass is 10.1. The molecular formula is C14H20ClN3O4. The number of nitrogens with one attached hydrogen (secondary N) is 2. The summed E-state index contributed by atoms with van der Waals surface area (Å²) in [6.07, 6.45) is -0.654. The van der Waals surface area contributed by atoms with E-state index in [1.54, 1.807) is 24.3 Å². The number of amides is 2. The van der Waals surface area contributed by atoms with E-state index in [1.807, 2.05) is 0 Å². The number of ether oxygens (including phenoxy) is 2. The number of carbonyl (C=O) groups excluding carboxylic acids is 2. The Labute approximate surface area is 134 Å². The van der Waals surface area contributed by atoms with Crippen LogP contribution in [0.5, 0.6) is 0 Å². The second kappa shape index (κ2) is 9.37. The Kier molecular flexibility index (Phi) is 7.83. The van der Waals surface area contributed by atoms with Gasteiger partial charge in [-0.25, -0.2) is 0 Å². The Morgan fingerprint density at radius 2 is 2.05 bits per heavy atom. The molecule has 2 rings (SSSR count). The first kappa shape index (κ1) is 18.4. The molecule has 1 aromatic rings. The zero-order valence-electron chi connectivity index (χ0n) is 12.0. The molecule has 0 aliphatic carbocycles. The van der Waals surface area contributed by atoms with Crippen LogP contribution in [0.4, 0.5) is 5.69 Å². The maximum absolute atomic E-state index is 12.1. The molecule has 0 aromatic heterocycles. The van der Waals surface area contributed by atoms with Gasteiger partial charge in [-0.15, -0.1) is 12.4 Å². The van der Waals surface area contributed by atoms with Crippen molar-refractivity contribution in [2.24, 2.45) is 5.73 Å². The number of carbonyl (C=O) groups is 2. The summed E-state index contributed by atoms with van der Waals surface area (Å²) in [5, 5.41) is 5.37. The van der Waals surface area contributed by atoms with Crippen molar-refractivity contribution in [3.05, 3.63) is 29.8 Å². The Morgan fingerprint density at radius 3 is 2.73 bits per heavy atom. The number of hydrogen-bond acceptors (Lipinski definition) is 5. The Bertz CT molecular complexity index is 507. The number of nitrogens with two attached hydrogens (primary N) is 1. The maximum Gasteiger partial charge on any atom is 0.255 e. The predicted molar refractivity (Wildman–Crippen MR) is 84.3 cm³/mol. The molecule has 1 aromatic carbocycles. The van der Waals surface area contributed by atoms with E-state index in [9.17, 15) is 9.59 Å². The third-order valence-corrected chi connectivity index (χ3v) is 2.97. The molecule has 1 atom stereocenters. The number of anilines is 1. The number of hydrogen-bond donors (Lipinski definition) is 3. The molecule has 22 heavy (non-hydrogen) atoms. The van der Waals surface area contributed by atoms with Gasteiger partial charge in [0.05, 0.1) is 31.1 Å². The fraction of sp³-hybridized carbons (Fsp3) is 0.429. The minimum absolute atomic E-state index is 0. The predicted octanol–water partition coefficient (Wildman–Crippen LogP) is 0.151. The van der Waals surface area contributed by atoms with Crippen LogP contribution in [0.3, 0.4) is 0 Å². The van der Waals surface area contributed by atoms with E-state index in [1.165, 1.54) is 0 Å². The van der Waals surface area contributed by atoms with E-state index in [0.717, 1.165) is 0 Å². The highest BCUT2D eigenvalue weighted by Crippen LogP contribution is 2.16. The first-order chi connectivity index (χ1) is 10.2. The van der Waals surface area contributed by atoms with Crippen molar-refractivity contribution < 1.29 is 19.1 Å². The van der Waals surface area contributed by atoms with Crippen molar-refractivity contribution in [2.75, 3.05) is 38.2 Å². The monoisotopic (exact) mass is 329 g/mol. The third-order valence-electron chi connectivity index (χ3n) is 2.97. The lowest BCUT2D eigenvalue weighted by molar-refractivity contribution is -0.142. The van der Waals surface area contributed by atoms with Gasteiger partial charge in [-0.1, -0.05) is 12.1 Å². The SMILES string of the molecule is Cl.NCCNC(=O)c1ccccc1NC(=O)C1COCCO1. The molecule has 1 heterocycles. The van der Waals surface area contributed by atoms with Crippen LogP contribution in [-0.4, -0.2) is 50.8 Å². The molecule has 1 fully saturated rings. The number of para-hydroxylation sites is 1. The van der Waals surface area contributed by atoms with Crippen LogP contribution in [0.25, 0.3) is 0 Å². The van der Waals surface area contributed by atoms with E-state index >= 15 is 0 Å². The fourth-order valence-corrected chi connectivity index (χ4v) is 1.92. The second-order valence-corrected chi connectivity index (χ2v) is 4.51. The van der Waals surface area contributed by atoms with Gasteiger partial charge in [0.25, 0.3) is 11.8 Å². The Balaban J connectivity index is 0.00000242. The molecule has 8 heteroatoms. The van der Waals surface area contributed by atoms with Crippen LogP contribution in [0, 0.1) is 0 Å². The minimum Gasteiger partial charge on any atom is -0.376 e. The average molecular weight is 330 g/mol. The summed E-state index contributed by atoms with van der Waals surface area (Å²) in [7, 11) is 0. The highest BCUT2D eigenvalue weighted by molar-refractivity contribution is 6.04. The van der Waals surface area contributed by atoms with Crippen molar-refractivity contribution >= 4 is 29.9 Å². The number of benzene rings is 1. The van der Waals surface area contributed by atoms with Gasteiger partial charge in [0, 0.05) is 13.1 Å². The lowest BCUT2D eigenvalue weighted by Crippen LogP contribution is -2.39. The Hall–Kier alpha value is -1.67. The normalized spacial score (nSPS) is 17.2. The van der Waals surface area contributed by atoms with Crippen LogP contribution in [0.2, 0.25) is 0 Å². The molecule has 0 spiro atoms. The standard InChI is InChI=1S/C14H19N3O4.ClH/c15-5-6-16-13(18)10-3-1-2-4-11(10)17-14(19)12-9-20-7-8-21-12;/h1-4,12H,5-9,15H2,(H,16,18)(H,17,19);1H. The smallest absolute Gasteiger partial charge is 0.255 e. The van der Waals surface area contributed by atoms with Crippen LogP contribution in [0.1, 0.15) is 10.4 Å². The van der Waals surface area contributed by atoms with Crippen LogP contribution < -0.4 is 16.4 Å². The lowest BCUT2D eigenvalue weighted by Gasteiger charge is -2.22. The molecule has 4 N–H and O–H groups in total. The van der Waals surface area contributed by atoms with E-state index < -0.39 is 6.10 Å². The number of rotatable bonds is 5. The van der Waals surface area contributed by atoms with Crippen LogP contribution >= 0.6 is 12.4 Å². The summed E-state index contributed by atoms with van der Waals surface area (Å²) in [5.41, 5.74) is 6.18. The maximum atomic E-state index is 12.1. The van der Waals surface area contributed by atoms with Crippen molar-refractivity contribution in [1.82, 2.24) is 5.32 Å². The molecular weight excluding hydrogens is 310 g/mol. The number of halogens is 1. The molecule has 1 aliphatic rings. The van der Waals surface area contributed by atoms with Gasteiger partial charge in [-0.3, -0.25) is 9.59 Å². The molecule has 0 radical (unpaired) electrons. The average Bonchev–Trinajstić information content (AvgIpc) is 2.54. The second-order valence-electron chi connectivity index (χ2n) is 4.51. The highest BCUT2D eigenvalue weighted by Gasteiger charge is 2.23. The first-order valence-corrected chi connectivity index (χ1v) is 6.80. The summed E-state index contributed by atoms with van der Waals surface area (Å²) in [5.74, 6) is -0.606. The zero-order valence-corrected chi connectivity index (χ0v) is 12.9. The summed E-state index contributed by atoms with van der Waals surface area (Å²) in [6, 6.07) is 6.78. The van der Waals surface area contributed by atoms with Gasteiger partial charge < -0.3 is 25.8 Å². The van der Waals surface area contributed by atoms with E-state index in [4.69, 9.17) is 15.2 Å². The third kappa shape index (κ3) is 4.96.